The zero-order valence-electron chi connectivity index (χ0n) is 14.8. The number of carbonyl (C=O) groups excluding carboxylic acids is 2. The van der Waals surface area contributed by atoms with Gasteiger partial charge < -0.3 is 10.1 Å². The monoisotopic (exact) mass is 454 g/mol. The van der Waals surface area contributed by atoms with Crippen molar-refractivity contribution in [1.82, 2.24) is 0 Å². The normalized spacial score (nSPS) is 14.0. The van der Waals surface area contributed by atoms with E-state index < -0.39 is 5.91 Å². The average Bonchev–Trinajstić information content (AvgIpc) is 3.29. The minimum Gasteiger partial charge on any atom is -0.495 e. The first-order chi connectivity index (χ1) is 13.6. The summed E-state index contributed by atoms with van der Waals surface area (Å²) in [6.07, 6.45) is 0. The number of hydrogen-bond donors (Lipinski definition) is 1. The summed E-state index contributed by atoms with van der Waals surface area (Å²) in [6, 6.07) is 18.1. The molecule has 0 aliphatic carbocycles. The maximum Gasteiger partial charge on any atom is 0.282 e. The SMILES string of the molecule is COc1ccccc1N1C(=O)C(Nc2cccc(Br)c2)=C(c2cccs2)C1=O. The zero-order valence-corrected chi connectivity index (χ0v) is 17.2. The molecule has 2 amide bonds. The maximum atomic E-state index is 13.3. The first-order valence-corrected chi connectivity index (χ1v) is 10.1. The Morgan fingerprint density at radius 3 is 2.54 bits per heavy atom. The van der Waals surface area contributed by atoms with Crippen LogP contribution < -0.4 is 15.0 Å². The zero-order chi connectivity index (χ0) is 19.7. The highest BCUT2D eigenvalue weighted by Gasteiger charge is 2.41. The van der Waals surface area contributed by atoms with E-state index in [1.54, 1.807) is 24.3 Å². The first-order valence-electron chi connectivity index (χ1n) is 8.42. The van der Waals surface area contributed by atoms with Gasteiger partial charge in [-0.05, 0) is 41.8 Å². The van der Waals surface area contributed by atoms with Gasteiger partial charge in [-0.3, -0.25) is 9.59 Å². The summed E-state index contributed by atoms with van der Waals surface area (Å²) < 4.78 is 6.23. The fourth-order valence-electron chi connectivity index (χ4n) is 3.04. The minimum absolute atomic E-state index is 0.247. The van der Waals surface area contributed by atoms with Gasteiger partial charge in [-0.1, -0.05) is 40.2 Å². The van der Waals surface area contributed by atoms with Crippen LogP contribution in [0.1, 0.15) is 4.88 Å². The minimum atomic E-state index is -0.419. The van der Waals surface area contributed by atoms with E-state index >= 15 is 0 Å². The van der Waals surface area contributed by atoms with E-state index in [0.29, 0.717) is 22.7 Å². The molecule has 0 bridgehead atoms. The number of anilines is 2. The van der Waals surface area contributed by atoms with Crippen LogP contribution in [-0.4, -0.2) is 18.9 Å². The van der Waals surface area contributed by atoms with E-state index in [1.807, 2.05) is 41.8 Å². The third-order valence-electron chi connectivity index (χ3n) is 4.27. The summed E-state index contributed by atoms with van der Waals surface area (Å²) in [6.45, 7) is 0. The molecule has 140 valence electrons. The average molecular weight is 455 g/mol. The topological polar surface area (TPSA) is 58.6 Å². The summed E-state index contributed by atoms with van der Waals surface area (Å²) in [5, 5.41) is 5.02. The molecule has 1 aliphatic heterocycles. The molecule has 0 fully saturated rings. The lowest BCUT2D eigenvalue weighted by Gasteiger charge is -2.18. The Hall–Kier alpha value is -2.90. The fraction of sp³-hybridized carbons (Fsp3) is 0.0476. The van der Waals surface area contributed by atoms with E-state index in [1.165, 1.54) is 18.4 Å². The van der Waals surface area contributed by atoms with Gasteiger partial charge in [0.05, 0.1) is 18.4 Å². The number of benzene rings is 2. The number of para-hydroxylation sites is 2. The Balaban J connectivity index is 1.82. The Kier molecular flexibility index (Phi) is 5.02. The number of rotatable bonds is 5. The highest BCUT2D eigenvalue weighted by Crippen LogP contribution is 2.38. The number of methoxy groups -OCH3 is 1. The van der Waals surface area contributed by atoms with Crippen molar-refractivity contribution in [2.24, 2.45) is 0 Å². The number of thiophene rings is 1. The second-order valence-electron chi connectivity index (χ2n) is 5.98. The molecular formula is C21H15BrN2O3S. The van der Waals surface area contributed by atoms with Crippen LogP contribution in [0.15, 0.2) is 76.2 Å². The molecule has 1 aromatic heterocycles. The third kappa shape index (κ3) is 3.23. The Morgan fingerprint density at radius 2 is 1.82 bits per heavy atom. The lowest BCUT2D eigenvalue weighted by Crippen LogP contribution is -2.32. The number of ether oxygens (including phenoxy) is 1. The number of nitrogens with zero attached hydrogens (tertiary/aromatic N) is 1. The number of imide groups is 1. The summed E-state index contributed by atoms with van der Waals surface area (Å²) in [5.74, 6) is -0.342. The Bertz CT molecular complexity index is 1090. The van der Waals surface area contributed by atoms with E-state index in [2.05, 4.69) is 21.2 Å². The Morgan fingerprint density at radius 1 is 1.00 bits per heavy atom. The molecule has 0 atom stereocenters. The highest BCUT2D eigenvalue weighted by molar-refractivity contribution is 9.10. The van der Waals surface area contributed by atoms with Crippen LogP contribution in [-0.2, 0) is 9.59 Å². The van der Waals surface area contributed by atoms with Gasteiger partial charge in [0.1, 0.15) is 11.4 Å². The fourth-order valence-corrected chi connectivity index (χ4v) is 4.21. The highest BCUT2D eigenvalue weighted by atomic mass is 79.9. The third-order valence-corrected chi connectivity index (χ3v) is 5.65. The molecule has 28 heavy (non-hydrogen) atoms. The van der Waals surface area contributed by atoms with Crippen LogP contribution in [0.25, 0.3) is 5.57 Å². The largest absolute Gasteiger partial charge is 0.495 e. The van der Waals surface area contributed by atoms with Crippen LogP contribution in [0.4, 0.5) is 11.4 Å². The van der Waals surface area contributed by atoms with Crippen molar-refractivity contribution in [3.8, 4) is 5.75 Å². The van der Waals surface area contributed by atoms with E-state index in [-0.39, 0.29) is 11.6 Å². The standard InChI is InChI=1S/C21H15BrN2O3S/c1-27-16-9-3-2-8-15(16)24-20(25)18(17-10-5-11-28-17)19(21(24)26)23-14-7-4-6-13(22)12-14/h2-12,23H,1H3. The second-order valence-corrected chi connectivity index (χ2v) is 7.84. The predicted octanol–water partition coefficient (Wildman–Crippen LogP) is 4.92. The number of halogens is 1. The van der Waals surface area contributed by atoms with Gasteiger partial charge in [0.2, 0.25) is 0 Å². The number of nitrogens with one attached hydrogen (secondary N) is 1. The van der Waals surface area contributed by atoms with Crippen molar-refractivity contribution in [2.75, 3.05) is 17.3 Å². The summed E-state index contributed by atoms with van der Waals surface area (Å²) >= 11 is 4.84. The van der Waals surface area contributed by atoms with Gasteiger partial charge in [-0.2, -0.15) is 0 Å². The van der Waals surface area contributed by atoms with Gasteiger partial charge >= 0.3 is 0 Å². The van der Waals surface area contributed by atoms with Crippen LogP contribution in [0.2, 0.25) is 0 Å². The van der Waals surface area contributed by atoms with Gasteiger partial charge in [0.25, 0.3) is 11.8 Å². The Labute approximate surface area is 174 Å². The van der Waals surface area contributed by atoms with Crippen molar-refractivity contribution >= 4 is 56.0 Å². The van der Waals surface area contributed by atoms with Gasteiger partial charge in [-0.15, -0.1) is 11.3 Å². The maximum absolute atomic E-state index is 13.3. The molecular weight excluding hydrogens is 440 g/mol. The second kappa shape index (κ2) is 7.61. The lowest BCUT2D eigenvalue weighted by molar-refractivity contribution is -0.120. The number of carbonyl (C=O) groups is 2. The number of amides is 2. The quantitative estimate of drug-likeness (QED) is 0.556. The summed E-state index contributed by atoms with van der Waals surface area (Å²) in [7, 11) is 1.51. The van der Waals surface area contributed by atoms with Crippen LogP contribution in [0.5, 0.6) is 5.75 Å². The molecule has 0 radical (unpaired) electrons. The van der Waals surface area contributed by atoms with Gasteiger partial charge in [-0.25, -0.2) is 4.90 Å². The smallest absolute Gasteiger partial charge is 0.282 e. The van der Waals surface area contributed by atoms with Gasteiger partial charge in [0, 0.05) is 15.0 Å². The van der Waals surface area contributed by atoms with Crippen molar-refractivity contribution in [1.29, 1.82) is 0 Å². The molecule has 0 saturated carbocycles. The van der Waals surface area contributed by atoms with Crippen molar-refractivity contribution in [2.45, 2.75) is 0 Å². The summed E-state index contributed by atoms with van der Waals surface area (Å²) in [4.78, 5) is 28.5. The summed E-state index contributed by atoms with van der Waals surface area (Å²) in [5.41, 5.74) is 1.73. The molecule has 0 spiro atoms. The molecule has 1 aliphatic rings. The number of hydrogen-bond acceptors (Lipinski definition) is 5. The van der Waals surface area contributed by atoms with E-state index in [4.69, 9.17) is 4.74 Å². The molecule has 2 heterocycles. The molecule has 0 unspecified atom stereocenters. The van der Waals surface area contributed by atoms with Crippen molar-refractivity contribution < 1.29 is 14.3 Å². The van der Waals surface area contributed by atoms with Crippen LogP contribution in [0, 0.1) is 0 Å². The molecule has 7 heteroatoms. The molecule has 2 aromatic carbocycles. The molecule has 5 nitrogen and oxygen atoms in total. The lowest BCUT2D eigenvalue weighted by atomic mass is 10.2. The molecule has 1 N–H and O–H groups in total. The van der Waals surface area contributed by atoms with Crippen molar-refractivity contribution in [3.63, 3.8) is 0 Å². The molecule has 4 rings (SSSR count). The first kappa shape index (κ1) is 18.5. The molecule has 3 aromatic rings. The van der Waals surface area contributed by atoms with Gasteiger partial charge in [0.15, 0.2) is 0 Å². The predicted molar refractivity (Wildman–Crippen MR) is 114 cm³/mol. The van der Waals surface area contributed by atoms with E-state index in [9.17, 15) is 9.59 Å². The van der Waals surface area contributed by atoms with E-state index in [0.717, 1.165) is 14.2 Å². The molecule has 0 saturated heterocycles. The van der Waals surface area contributed by atoms with Crippen LogP contribution >= 0.6 is 27.3 Å². The van der Waals surface area contributed by atoms with Crippen LogP contribution in [0.3, 0.4) is 0 Å². The van der Waals surface area contributed by atoms with Crippen molar-refractivity contribution in [3.05, 3.63) is 81.1 Å².